The lowest BCUT2D eigenvalue weighted by Crippen LogP contribution is -2.04. The lowest BCUT2D eigenvalue weighted by molar-refractivity contribution is 0.261. The van der Waals surface area contributed by atoms with E-state index in [1.807, 2.05) is 0 Å². The van der Waals surface area contributed by atoms with Gasteiger partial charge in [-0.2, -0.15) is 8.42 Å². The Kier molecular flexibility index (Phi) is 17.7. The Bertz CT molecular complexity index is 246. The van der Waals surface area contributed by atoms with E-state index in [4.69, 9.17) is 4.55 Å². The summed E-state index contributed by atoms with van der Waals surface area (Å²) >= 11 is 0. The van der Waals surface area contributed by atoms with Gasteiger partial charge < -0.3 is 0 Å². The number of rotatable bonds is 11. The minimum atomic E-state index is -4.22. The Labute approximate surface area is 119 Å². The standard InChI is InChI=1S/C7H16O4S.C7H16/c1-2-3-4-5-6-7-11-12(8,9)10;1-3-5-7-6-4-2/h2-7H2,1H3,(H,8,9,10);3-7H2,1-2H3. The summed E-state index contributed by atoms with van der Waals surface area (Å²) in [6.45, 7) is 6.68. The molecule has 0 amide bonds. The SMILES string of the molecule is CCCCCCC.CCCCCCCOS(=O)(=O)O. The molecular weight excluding hydrogens is 264 g/mol. The fourth-order valence-corrected chi connectivity index (χ4v) is 1.88. The Balaban J connectivity index is 0. The first-order valence-electron chi connectivity index (χ1n) is 7.59. The van der Waals surface area contributed by atoms with Crippen LogP contribution in [-0.4, -0.2) is 19.6 Å². The summed E-state index contributed by atoms with van der Waals surface area (Å²) in [4.78, 5) is 0. The number of hydrogen-bond donors (Lipinski definition) is 1. The minimum Gasteiger partial charge on any atom is -0.264 e. The molecule has 0 aliphatic carbocycles. The van der Waals surface area contributed by atoms with Crippen LogP contribution in [0.1, 0.15) is 85.0 Å². The summed E-state index contributed by atoms with van der Waals surface area (Å²) in [5.41, 5.74) is 0. The van der Waals surface area contributed by atoms with Gasteiger partial charge in [-0.05, 0) is 6.42 Å². The van der Waals surface area contributed by atoms with E-state index in [2.05, 4.69) is 25.0 Å². The van der Waals surface area contributed by atoms with E-state index in [0.717, 1.165) is 25.7 Å². The fraction of sp³-hybridized carbons (Fsp3) is 1.00. The molecule has 0 saturated heterocycles. The van der Waals surface area contributed by atoms with Crippen LogP contribution in [0.3, 0.4) is 0 Å². The first kappa shape index (κ1) is 21.2. The molecule has 5 heteroatoms. The van der Waals surface area contributed by atoms with Crippen molar-refractivity contribution in [2.24, 2.45) is 0 Å². The molecule has 0 aromatic heterocycles. The summed E-state index contributed by atoms with van der Waals surface area (Å²) in [7, 11) is -4.22. The van der Waals surface area contributed by atoms with E-state index in [1.54, 1.807) is 0 Å². The molecule has 0 atom stereocenters. The molecule has 0 fully saturated rings. The van der Waals surface area contributed by atoms with Crippen LogP contribution in [0.2, 0.25) is 0 Å². The first-order chi connectivity index (χ1) is 8.97. The highest BCUT2D eigenvalue weighted by Gasteiger charge is 2.02. The summed E-state index contributed by atoms with van der Waals surface area (Å²) in [5, 5.41) is 0. The maximum atomic E-state index is 10.1. The smallest absolute Gasteiger partial charge is 0.264 e. The third kappa shape index (κ3) is 27.2. The molecule has 0 aromatic carbocycles. The molecule has 0 bridgehead atoms. The molecule has 0 spiro atoms. The third-order valence-electron chi connectivity index (χ3n) is 2.69. The molecule has 0 rings (SSSR count). The highest BCUT2D eigenvalue weighted by Crippen LogP contribution is 2.03. The van der Waals surface area contributed by atoms with Crippen LogP contribution in [0.4, 0.5) is 0 Å². The second-order valence-electron chi connectivity index (χ2n) is 4.72. The van der Waals surface area contributed by atoms with Crippen molar-refractivity contribution in [3.05, 3.63) is 0 Å². The van der Waals surface area contributed by atoms with E-state index < -0.39 is 10.4 Å². The lowest BCUT2D eigenvalue weighted by Gasteiger charge is -1.99. The van der Waals surface area contributed by atoms with Crippen molar-refractivity contribution in [2.45, 2.75) is 85.0 Å². The number of unbranched alkanes of at least 4 members (excludes halogenated alkanes) is 8. The zero-order chi connectivity index (χ0) is 15.0. The van der Waals surface area contributed by atoms with E-state index in [9.17, 15) is 8.42 Å². The molecule has 0 aromatic rings. The van der Waals surface area contributed by atoms with Gasteiger partial charge in [0.25, 0.3) is 0 Å². The van der Waals surface area contributed by atoms with Gasteiger partial charge in [-0.15, -0.1) is 0 Å². The van der Waals surface area contributed by atoms with Gasteiger partial charge in [0.1, 0.15) is 0 Å². The summed E-state index contributed by atoms with van der Waals surface area (Å²) in [6.07, 6.45) is 12.0. The molecule has 1 N–H and O–H groups in total. The monoisotopic (exact) mass is 296 g/mol. The van der Waals surface area contributed by atoms with Gasteiger partial charge in [0.15, 0.2) is 0 Å². The van der Waals surface area contributed by atoms with Crippen LogP contribution >= 0.6 is 0 Å². The van der Waals surface area contributed by atoms with Crippen LogP contribution < -0.4 is 0 Å². The zero-order valence-electron chi connectivity index (χ0n) is 12.9. The van der Waals surface area contributed by atoms with Gasteiger partial charge in [-0.1, -0.05) is 78.6 Å². The highest BCUT2D eigenvalue weighted by molar-refractivity contribution is 7.80. The van der Waals surface area contributed by atoms with Gasteiger partial charge in [-0.3, -0.25) is 4.55 Å². The predicted molar refractivity (Wildman–Crippen MR) is 80.7 cm³/mol. The average Bonchev–Trinajstić information content (AvgIpc) is 2.34. The van der Waals surface area contributed by atoms with Crippen molar-refractivity contribution in [3.8, 4) is 0 Å². The molecule has 0 aliphatic rings. The quantitative estimate of drug-likeness (QED) is 0.441. The Morgan fingerprint density at radius 3 is 1.47 bits per heavy atom. The number of hydrogen-bond acceptors (Lipinski definition) is 3. The molecule has 0 saturated carbocycles. The van der Waals surface area contributed by atoms with Crippen LogP contribution in [-0.2, 0) is 14.6 Å². The van der Waals surface area contributed by atoms with Crippen LogP contribution in [0.15, 0.2) is 0 Å². The van der Waals surface area contributed by atoms with Crippen LogP contribution in [0.25, 0.3) is 0 Å². The maximum Gasteiger partial charge on any atom is 0.397 e. The minimum absolute atomic E-state index is 0.0859. The normalized spacial score (nSPS) is 10.9. The Morgan fingerprint density at radius 2 is 1.11 bits per heavy atom. The van der Waals surface area contributed by atoms with Crippen molar-refractivity contribution in [2.75, 3.05) is 6.61 Å². The molecule has 0 unspecified atom stereocenters. The fourth-order valence-electron chi connectivity index (χ4n) is 1.55. The summed E-state index contributed by atoms with van der Waals surface area (Å²) < 4.78 is 32.4. The highest BCUT2D eigenvalue weighted by atomic mass is 32.3. The van der Waals surface area contributed by atoms with E-state index >= 15 is 0 Å². The Hall–Kier alpha value is -0.130. The van der Waals surface area contributed by atoms with Gasteiger partial charge in [0.2, 0.25) is 0 Å². The molecule has 4 nitrogen and oxygen atoms in total. The van der Waals surface area contributed by atoms with Gasteiger partial charge in [0, 0.05) is 0 Å². The van der Waals surface area contributed by atoms with Crippen molar-refractivity contribution >= 4 is 10.4 Å². The van der Waals surface area contributed by atoms with E-state index in [0.29, 0.717) is 6.42 Å². The molecular formula is C14H32O4S. The second kappa shape index (κ2) is 15.9. The molecule has 118 valence electrons. The molecule has 0 aliphatic heterocycles. The van der Waals surface area contributed by atoms with Crippen molar-refractivity contribution in [1.82, 2.24) is 0 Å². The summed E-state index contributed by atoms with van der Waals surface area (Å²) in [5.74, 6) is 0. The van der Waals surface area contributed by atoms with Crippen molar-refractivity contribution in [1.29, 1.82) is 0 Å². The lowest BCUT2D eigenvalue weighted by atomic mass is 10.2. The van der Waals surface area contributed by atoms with Crippen LogP contribution in [0, 0.1) is 0 Å². The third-order valence-corrected chi connectivity index (χ3v) is 3.15. The average molecular weight is 296 g/mol. The van der Waals surface area contributed by atoms with E-state index in [-0.39, 0.29) is 6.61 Å². The van der Waals surface area contributed by atoms with Crippen LogP contribution in [0.5, 0.6) is 0 Å². The van der Waals surface area contributed by atoms with Gasteiger partial charge in [-0.25, -0.2) is 4.18 Å². The molecule has 19 heavy (non-hydrogen) atoms. The summed E-state index contributed by atoms with van der Waals surface area (Å²) in [6, 6.07) is 0. The predicted octanol–water partition coefficient (Wildman–Crippen LogP) is 4.75. The van der Waals surface area contributed by atoms with Gasteiger partial charge >= 0.3 is 10.4 Å². The topological polar surface area (TPSA) is 63.6 Å². The largest absolute Gasteiger partial charge is 0.397 e. The Morgan fingerprint density at radius 1 is 0.737 bits per heavy atom. The molecule has 0 radical (unpaired) electrons. The zero-order valence-corrected chi connectivity index (χ0v) is 13.7. The maximum absolute atomic E-state index is 10.1. The molecule has 0 heterocycles. The van der Waals surface area contributed by atoms with E-state index in [1.165, 1.54) is 32.1 Å². The van der Waals surface area contributed by atoms with Crippen molar-refractivity contribution < 1.29 is 17.2 Å². The van der Waals surface area contributed by atoms with Gasteiger partial charge in [0.05, 0.1) is 6.61 Å². The second-order valence-corrected chi connectivity index (χ2v) is 5.82. The van der Waals surface area contributed by atoms with Crippen molar-refractivity contribution in [3.63, 3.8) is 0 Å². The first-order valence-corrected chi connectivity index (χ1v) is 8.96.